The standard InChI is InChI=1S/C21H24N2O3/c1-25-17-10-14-13-5-9-22-8-3-6-20-7-4-15(13)21(20,22)23(19(24)12-20)16(14)11-18(17)26-2/h3,6,10-11,13,15H,4-5,7-9,12H2,1-2H3/t13-,15+,20-,21?/m0/s1. The molecular formula is C21H24N2O3. The van der Waals surface area contributed by atoms with Gasteiger partial charge in [-0.15, -0.1) is 0 Å². The molecule has 1 aromatic rings. The van der Waals surface area contributed by atoms with Crippen molar-refractivity contribution in [1.29, 1.82) is 0 Å². The summed E-state index contributed by atoms with van der Waals surface area (Å²) in [4.78, 5) is 18.1. The van der Waals surface area contributed by atoms with Gasteiger partial charge in [0, 0.05) is 36.9 Å². The molecule has 1 unspecified atom stereocenters. The largest absolute Gasteiger partial charge is 0.493 e. The summed E-state index contributed by atoms with van der Waals surface area (Å²) in [6.45, 7) is 2.02. The number of amides is 1. The van der Waals surface area contributed by atoms with Crippen LogP contribution in [-0.2, 0) is 4.79 Å². The molecule has 0 radical (unpaired) electrons. The summed E-state index contributed by atoms with van der Waals surface area (Å²) in [5.41, 5.74) is 2.15. The number of fused-ring (bicyclic) bond motifs is 3. The van der Waals surface area contributed by atoms with E-state index in [1.165, 1.54) is 12.0 Å². The lowest BCUT2D eigenvalue weighted by Gasteiger charge is -2.63. The molecule has 0 aromatic heterocycles. The van der Waals surface area contributed by atoms with E-state index < -0.39 is 0 Å². The normalized spacial score (nSPS) is 39.0. The Kier molecular flexibility index (Phi) is 2.69. The summed E-state index contributed by atoms with van der Waals surface area (Å²) in [7, 11) is 3.35. The number of ether oxygens (including phenoxy) is 2. The average Bonchev–Trinajstić information content (AvgIpc) is 3.12. The molecule has 3 fully saturated rings. The van der Waals surface area contributed by atoms with Gasteiger partial charge in [-0.05, 0) is 36.8 Å². The van der Waals surface area contributed by atoms with Gasteiger partial charge in [-0.1, -0.05) is 12.2 Å². The zero-order valence-corrected chi connectivity index (χ0v) is 15.3. The van der Waals surface area contributed by atoms with Crippen molar-refractivity contribution >= 4 is 11.6 Å². The van der Waals surface area contributed by atoms with Gasteiger partial charge in [0.05, 0.1) is 19.9 Å². The lowest BCUT2D eigenvalue weighted by atomic mass is 9.63. The highest BCUT2D eigenvalue weighted by atomic mass is 16.5. The minimum absolute atomic E-state index is 0.0173. The van der Waals surface area contributed by atoms with Gasteiger partial charge in [0.15, 0.2) is 11.5 Å². The molecule has 4 atom stereocenters. The number of hydrogen-bond acceptors (Lipinski definition) is 4. The lowest BCUT2D eigenvalue weighted by Crippen LogP contribution is -2.72. The Morgan fingerprint density at radius 1 is 1.15 bits per heavy atom. The maximum Gasteiger partial charge on any atom is 0.229 e. The number of benzene rings is 1. The Hall–Kier alpha value is -2.01. The smallest absolute Gasteiger partial charge is 0.229 e. The van der Waals surface area contributed by atoms with E-state index in [0.29, 0.717) is 24.0 Å². The third-order valence-corrected chi connectivity index (χ3v) is 7.82. The third kappa shape index (κ3) is 1.37. The van der Waals surface area contributed by atoms with Gasteiger partial charge in [-0.2, -0.15) is 0 Å². The van der Waals surface area contributed by atoms with Gasteiger partial charge < -0.3 is 9.47 Å². The van der Waals surface area contributed by atoms with E-state index >= 15 is 0 Å². The van der Waals surface area contributed by atoms with E-state index in [-0.39, 0.29) is 17.0 Å². The first-order valence-electron chi connectivity index (χ1n) is 9.68. The molecule has 4 aliphatic heterocycles. The number of piperidine rings is 1. The Balaban J connectivity index is 1.67. The first kappa shape index (κ1) is 15.1. The van der Waals surface area contributed by atoms with Crippen LogP contribution in [-0.4, -0.2) is 43.8 Å². The van der Waals surface area contributed by atoms with Crippen molar-refractivity contribution < 1.29 is 14.3 Å². The Bertz CT molecular complexity index is 865. The number of anilines is 1. The second-order valence-electron chi connectivity index (χ2n) is 8.44. The van der Waals surface area contributed by atoms with E-state index in [0.717, 1.165) is 37.4 Å². The Morgan fingerprint density at radius 2 is 1.96 bits per heavy atom. The molecule has 0 N–H and O–H groups in total. The van der Waals surface area contributed by atoms with Crippen LogP contribution in [0.1, 0.15) is 37.2 Å². The highest BCUT2D eigenvalue weighted by molar-refractivity contribution is 6.01. The zero-order chi connectivity index (χ0) is 17.7. The van der Waals surface area contributed by atoms with Crippen LogP contribution in [0, 0.1) is 11.3 Å². The first-order chi connectivity index (χ1) is 12.7. The minimum Gasteiger partial charge on any atom is -0.493 e. The molecular weight excluding hydrogens is 328 g/mol. The van der Waals surface area contributed by atoms with Crippen LogP contribution in [0.2, 0.25) is 0 Å². The maximum absolute atomic E-state index is 13.3. The van der Waals surface area contributed by atoms with Gasteiger partial charge in [0.1, 0.15) is 5.66 Å². The molecule has 136 valence electrons. The summed E-state index contributed by atoms with van der Waals surface area (Å²) in [6, 6.07) is 4.17. The molecule has 1 saturated carbocycles. The van der Waals surface area contributed by atoms with E-state index in [2.05, 4.69) is 28.0 Å². The van der Waals surface area contributed by atoms with Crippen molar-refractivity contribution in [2.45, 2.75) is 37.3 Å². The highest BCUT2D eigenvalue weighted by Crippen LogP contribution is 2.71. The second-order valence-corrected chi connectivity index (χ2v) is 8.44. The number of rotatable bonds is 2. The first-order valence-corrected chi connectivity index (χ1v) is 9.68. The molecule has 5 nitrogen and oxygen atoms in total. The number of carbonyl (C=O) groups is 1. The van der Waals surface area contributed by atoms with Crippen LogP contribution in [0.15, 0.2) is 24.3 Å². The second kappa shape index (κ2) is 4.63. The van der Waals surface area contributed by atoms with Crippen molar-refractivity contribution in [3.05, 3.63) is 29.8 Å². The van der Waals surface area contributed by atoms with E-state index in [1.807, 2.05) is 6.07 Å². The van der Waals surface area contributed by atoms with Crippen LogP contribution >= 0.6 is 0 Å². The minimum atomic E-state index is -0.158. The Morgan fingerprint density at radius 3 is 2.77 bits per heavy atom. The predicted molar refractivity (Wildman–Crippen MR) is 97.6 cm³/mol. The molecule has 1 spiro atoms. The highest BCUT2D eigenvalue weighted by Gasteiger charge is 2.75. The number of hydrogen-bond donors (Lipinski definition) is 0. The molecule has 26 heavy (non-hydrogen) atoms. The van der Waals surface area contributed by atoms with Crippen LogP contribution in [0.4, 0.5) is 5.69 Å². The fraction of sp³-hybridized carbons (Fsp3) is 0.571. The zero-order valence-electron chi connectivity index (χ0n) is 15.3. The molecule has 1 amide bonds. The van der Waals surface area contributed by atoms with E-state index in [9.17, 15) is 4.79 Å². The number of methoxy groups -OCH3 is 2. The van der Waals surface area contributed by atoms with Crippen LogP contribution in [0.25, 0.3) is 0 Å². The predicted octanol–water partition coefficient (Wildman–Crippen LogP) is 2.91. The monoisotopic (exact) mass is 352 g/mol. The topological polar surface area (TPSA) is 42.0 Å². The quantitative estimate of drug-likeness (QED) is 0.768. The van der Waals surface area contributed by atoms with Crippen molar-refractivity contribution in [2.24, 2.45) is 11.3 Å². The van der Waals surface area contributed by atoms with Crippen molar-refractivity contribution in [2.75, 3.05) is 32.2 Å². The van der Waals surface area contributed by atoms with Crippen LogP contribution < -0.4 is 14.4 Å². The molecule has 2 saturated heterocycles. The molecule has 2 bridgehead atoms. The van der Waals surface area contributed by atoms with Crippen LogP contribution in [0.3, 0.4) is 0 Å². The molecule has 5 heteroatoms. The molecule has 4 heterocycles. The molecule has 1 aliphatic carbocycles. The van der Waals surface area contributed by atoms with Gasteiger partial charge in [0.2, 0.25) is 5.91 Å². The van der Waals surface area contributed by atoms with E-state index in [4.69, 9.17) is 9.47 Å². The van der Waals surface area contributed by atoms with Crippen molar-refractivity contribution in [1.82, 2.24) is 4.90 Å². The number of nitrogens with zero attached hydrogens (tertiary/aromatic N) is 2. The summed E-state index contributed by atoms with van der Waals surface area (Å²) in [5, 5.41) is 0. The van der Waals surface area contributed by atoms with Gasteiger partial charge in [0.25, 0.3) is 0 Å². The van der Waals surface area contributed by atoms with Crippen molar-refractivity contribution in [3.63, 3.8) is 0 Å². The SMILES string of the molecule is COc1cc2c(cc1OC)N1C(=O)C[C@]34C=CCN5CC[C@@H]2[C@@H](CC3)C514. The summed E-state index contributed by atoms with van der Waals surface area (Å²) < 4.78 is 11.2. The summed E-state index contributed by atoms with van der Waals surface area (Å²) >= 11 is 0. The Labute approximate surface area is 153 Å². The van der Waals surface area contributed by atoms with Crippen LogP contribution in [0.5, 0.6) is 11.5 Å². The van der Waals surface area contributed by atoms with Crippen molar-refractivity contribution in [3.8, 4) is 11.5 Å². The fourth-order valence-corrected chi connectivity index (χ4v) is 7.12. The summed E-state index contributed by atoms with van der Waals surface area (Å²) in [5.74, 6) is 2.75. The third-order valence-electron chi connectivity index (χ3n) is 7.82. The fourth-order valence-electron chi connectivity index (χ4n) is 7.12. The maximum atomic E-state index is 13.3. The van der Waals surface area contributed by atoms with Gasteiger partial charge in [-0.3, -0.25) is 14.6 Å². The summed E-state index contributed by atoms with van der Waals surface area (Å²) in [6.07, 6.45) is 8.79. The van der Waals surface area contributed by atoms with Gasteiger partial charge >= 0.3 is 0 Å². The molecule has 6 rings (SSSR count). The lowest BCUT2D eigenvalue weighted by molar-refractivity contribution is -0.119. The average molecular weight is 352 g/mol. The molecule has 1 aromatic carbocycles. The van der Waals surface area contributed by atoms with E-state index in [1.54, 1.807) is 14.2 Å². The molecule has 5 aliphatic rings. The number of carbonyl (C=O) groups excluding carboxylic acids is 1. The van der Waals surface area contributed by atoms with Gasteiger partial charge in [-0.25, -0.2) is 0 Å².